The summed E-state index contributed by atoms with van der Waals surface area (Å²) in [6.45, 7) is 2.78. The lowest BCUT2D eigenvalue weighted by atomic mass is 9.52. The van der Waals surface area contributed by atoms with Crippen LogP contribution in [-0.4, -0.2) is 34.2 Å². The summed E-state index contributed by atoms with van der Waals surface area (Å²) in [5.74, 6) is 1.57. The van der Waals surface area contributed by atoms with Gasteiger partial charge in [0, 0.05) is 17.6 Å². The number of nitrogens with one attached hydrogen (secondary N) is 1. The molecule has 0 aromatic heterocycles. The number of aliphatic hydroxyl groups is 1. The third kappa shape index (κ3) is 2.41. The van der Waals surface area contributed by atoms with E-state index in [0.29, 0.717) is 29.3 Å². The van der Waals surface area contributed by atoms with Gasteiger partial charge in [0.15, 0.2) is 0 Å². The number of carbonyl (C=O) groups is 1. The Bertz CT molecular complexity index is 705. The first-order valence-corrected chi connectivity index (χ1v) is 9.80. The van der Waals surface area contributed by atoms with Gasteiger partial charge in [0.1, 0.15) is 0 Å². The molecule has 0 spiro atoms. The van der Waals surface area contributed by atoms with Crippen molar-refractivity contribution in [3.63, 3.8) is 0 Å². The Morgan fingerprint density at radius 1 is 1.16 bits per heavy atom. The zero-order chi connectivity index (χ0) is 17.4. The van der Waals surface area contributed by atoms with Gasteiger partial charge in [0.05, 0.1) is 11.1 Å². The zero-order valence-electron chi connectivity index (χ0n) is 14.5. The average Bonchev–Trinajstić information content (AvgIpc) is 2.82. The summed E-state index contributed by atoms with van der Waals surface area (Å²) in [7, 11) is 0. The van der Waals surface area contributed by atoms with Gasteiger partial charge < -0.3 is 15.3 Å². The van der Waals surface area contributed by atoms with Crippen LogP contribution < -0.4 is 5.32 Å². The SMILES string of the molecule is C[C@]1(c2ccc(Cl)cc2)CN(C2[C@H]3CC4C[C@H]2CC(O)(C4)C3)C(=O)N1. The molecule has 4 nitrogen and oxygen atoms in total. The lowest BCUT2D eigenvalue weighted by Crippen LogP contribution is -2.62. The largest absolute Gasteiger partial charge is 0.390 e. The molecule has 1 aromatic rings. The van der Waals surface area contributed by atoms with Gasteiger partial charge >= 0.3 is 6.03 Å². The average molecular weight is 361 g/mol. The number of amides is 2. The minimum absolute atomic E-state index is 0.0434. The zero-order valence-corrected chi connectivity index (χ0v) is 15.3. The topological polar surface area (TPSA) is 52.6 Å². The number of urea groups is 1. The molecule has 4 bridgehead atoms. The maximum absolute atomic E-state index is 12.9. The second kappa shape index (κ2) is 5.14. The molecule has 1 aliphatic heterocycles. The molecule has 3 atom stereocenters. The van der Waals surface area contributed by atoms with E-state index >= 15 is 0 Å². The summed E-state index contributed by atoms with van der Waals surface area (Å²) < 4.78 is 0. The maximum atomic E-state index is 12.9. The fourth-order valence-electron chi connectivity index (χ4n) is 6.45. The Hall–Kier alpha value is -1.26. The molecule has 0 radical (unpaired) electrons. The van der Waals surface area contributed by atoms with Crippen LogP contribution in [0.15, 0.2) is 24.3 Å². The van der Waals surface area contributed by atoms with E-state index < -0.39 is 5.60 Å². The second-order valence-electron chi connectivity index (χ2n) is 9.08. The van der Waals surface area contributed by atoms with Crippen molar-refractivity contribution in [2.24, 2.45) is 17.8 Å². The van der Waals surface area contributed by atoms with E-state index in [1.165, 1.54) is 12.8 Å². The van der Waals surface area contributed by atoms with Crippen molar-refractivity contribution in [1.29, 1.82) is 0 Å². The molecule has 6 rings (SSSR count). The first kappa shape index (κ1) is 16.0. The summed E-state index contributed by atoms with van der Waals surface area (Å²) in [6, 6.07) is 8.11. The molecule has 5 fully saturated rings. The van der Waals surface area contributed by atoms with E-state index in [-0.39, 0.29) is 17.6 Å². The lowest BCUT2D eigenvalue weighted by Gasteiger charge is -2.59. The van der Waals surface area contributed by atoms with Gasteiger partial charge in [-0.1, -0.05) is 23.7 Å². The molecule has 4 aliphatic carbocycles. The van der Waals surface area contributed by atoms with E-state index in [9.17, 15) is 9.90 Å². The van der Waals surface area contributed by atoms with Crippen molar-refractivity contribution in [3.05, 3.63) is 34.9 Å². The third-order valence-electron chi connectivity index (χ3n) is 7.16. The van der Waals surface area contributed by atoms with Crippen LogP contribution in [0, 0.1) is 17.8 Å². The quantitative estimate of drug-likeness (QED) is 0.847. The van der Waals surface area contributed by atoms with Crippen LogP contribution in [0.2, 0.25) is 5.02 Å². The molecule has 1 saturated heterocycles. The van der Waals surface area contributed by atoms with Crippen LogP contribution in [0.3, 0.4) is 0 Å². The highest BCUT2D eigenvalue weighted by Crippen LogP contribution is 2.57. The predicted molar refractivity (Wildman–Crippen MR) is 96.3 cm³/mol. The van der Waals surface area contributed by atoms with E-state index in [0.717, 1.165) is 24.8 Å². The van der Waals surface area contributed by atoms with Crippen molar-refractivity contribution in [2.45, 2.75) is 56.2 Å². The van der Waals surface area contributed by atoms with Gasteiger partial charge in [0.2, 0.25) is 0 Å². The lowest BCUT2D eigenvalue weighted by molar-refractivity contribution is -0.152. The van der Waals surface area contributed by atoms with Crippen molar-refractivity contribution in [1.82, 2.24) is 10.2 Å². The third-order valence-corrected chi connectivity index (χ3v) is 7.41. The van der Waals surface area contributed by atoms with Crippen LogP contribution in [0.1, 0.15) is 44.6 Å². The van der Waals surface area contributed by atoms with Gasteiger partial charge in [-0.2, -0.15) is 0 Å². The number of nitrogens with zero attached hydrogens (tertiary/aromatic N) is 1. The van der Waals surface area contributed by atoms with Crippen LogP contribution in [-0.2, 0) is 5.54 Å². The van der Waals surface area contributed by atoms with Crippen molar-refractivity contribution in [3.8, 4) is 0 Å². The Kier molecular flexibility index (Phi) is 3.28. The highest BCUT2D eigenvalue weighted by molar-refractivity contribution is 6.30. The highest BCUT2D eigenvalue weighted by Gasteiger charge is 2.58. The number of hydrogen-bond acceptors (Lipinski definition) is 2. The first-order chi connectivity index (χ1) is 11.9. The van der Waals surface area contributed by atoms with Crippen molar-refractivity contribution < 1.29 is 9.90 Å². The number of rotatable bonds is 2. The summed E-state index contributed by atoms with van der Waals surface area (Å²) in [6.07, 6.45) is 5.05. The van der Waals surface area contributed by atoms with Gasteiger partial charge in [-0.3, -0.25) is 0 Å². The molecule has 5 aliphatic rings. The van der Waals surface area contributed by atoms with Gasteiger partial charge in [-0.25, -0.2) is 4.79 Å². The van der Waals surface area contributed by atoms with E-state index in [4.69, 9.17) is 11.6 Å². The highest BCUT2D eigenvalue weighted by atomic mass is 35.5. The van der Waals surface area contributed by atoms with Crippen LogP contribution in [0.4, 0.5) is 4.79 Å². The van der Waals surface area contributed by atoms with E-state index in [1.54, 1.807) is 0 Å². The maximum Gasteiger partial charge on any atom is 0.318 e. The van der Waals surface area contributed by atoms with Crippen LogP contribution in [0.5, 0.6) is 0 Å². The Labute approximate surface area is 153 Å². The molecule has 1 aromatic carbocycles. The van der Waals surface area contributed by atoms with Crippen molar-refractivity contribution >= 4 is 17.6 Å². The summed E-state index contributed by atoms with van der Waals surface area (Å²) >= 11 is 6.02. The monoisotopic (exact) mass is 360 g/mol. The number of halogens is 1. The number of hydrogen-bond donors (Lipinski definition) is 2. The predicted octanol–water partition coefficient (Wildman–Crippen LogP) is 3.52. The Morgan fingerprint density at radius 3 is 2.40 bits per heavy atom. The van der Waals surface area contributed by atoms with Crippen LogP contribution in [0.25, 0.3) is 0 Å². The summed E-state index contributed by atoms with van der Waals surface area (Å²) in [5, 5.41) is 14.7. The molecule has 4 saturated carbocycles. The molecule has 0 unspecified atom stereocenters. The molecule has 134 valence electrons. The molecular formula is C20H25ClN2O2. The second-order valence-corrected chi connectivity index (χ2v) is 9.52. The Balaban J connectivity index is 1.42. The summed E-state index contributed by atoms with van der Waals surface area (Å²) in [5.41, 5.74) is 0.255. The molecule has 5 heteroatoms. The fourth-order valence-corrected chi connectivity index (χ4v) is 6.57. The minimum Gasteiger partial charge on any atom is -0.390 e. The molecule has 2 N–H and O–H groups in total. The van der Waals surface area contributed by atoms with Gasteiger partial charge in [-0.05, 0) is 74.5 Å². The smallest absolute Gasteiger partial charge is 0.318 e. The van der Waals surface area contributed by atoms with Gasteiger partial charge in [-0.15, -0.1) is 0 Å². The van der Waals surface area contributed by atoms with E-state index in [1.807, 2.05) is 24.3 Å². The minimum atomic E-state index is -0.456. The molecular weight excluding hydrogens is 336 g/mol. The standard InChI is InChI=1S/C20H25ClN2O2/c1-19(15-2-4-16(21)5-3-15)11-23(18(24)22-19)17-13-6-12-7-14(17)10-20(25,8-12)9-13/h2-5,12-14,17,25H,6-11H2,1H3,(H,22,24)/t12?,13-,14-,17?,19+,20?/m0/s1. The summed E-state index contributed by atoms with van der Waals surface area (Å²) in [4.78, 5) is 14.9. The number of benzene rings is 1. The molecule has 2 amide bonds. The van der Waals surface area contributed by atoms with E-state index in [2.05, 4.69) is 17.1 Å². The van der Waals surface area contributed by atoms with Crippen LogP contribution >= 0.6 is 11.6 Å². The fraction of sp³-hybridized carbons (Fsp3) is 0.650. The normalized spacial score (nSPS) is 45.1. The number of carbonyl (C=O) groups excluding carboxylic acids is 1. The first-order valence-electron chi connectivity index (χ1n) is 9.42. The molecule has 1 heterocycles. The van der Waals surface area contributed by atoms with Crippen molar-refractivity contribution in [2.75, 3.05) is 6.54 Å². The Morgan fingerprint density at radius 2 is 1.80 bits per heavy atom. The molecule has 25 heavy (non-hydrogen) atoms. The van der Waals surface area contributed by atoms with Gasteiger partial charge in [0.25, 0.3) is 0 Å².